The molecule has 0 bridgehead atoms. The summed E-state index contributed by atoms with van der Waals surface area (Å²) >= 11 is 0. The highest BCUT2D eigenvalue weighted by Gasteiger charge is 2.15. The van der Waals surface area contributed by atoms with Gasteiger partial charge in [0.25, 0.3) is 5.69 Å². The molecule has 7 heteroatoms. The van der Waals surface area contributed by atoms with Crippen LogP contribution in [0.25, 0.3) is 0 Å². The summed E-state index contributed by atoms with van der Waals surface area (Å²) in [7, 11) is -3.35. The summed E-state index contributed by atoms with van der Waals surface area (Å²) < 4.78 is 23.6. The molecule has 1 rings (SSSR count). The van der Waals surface area contributed by atoms with Gasteiger partial charge in [-0.05, 0) is 31.5 Å². The number of nitro groups is 1. The van der Waals surface area contributed by atoms with Gasteiger partial charge in [0, 0.05) is 12.1 Å². The Kier molecular flexibility index (Phi) is 4.59. The minimum Gasteiger partial charge on any atom is -0.330 e. The van der Waals surface area contributed by atoms with E-state index in [2.05, 4.69) is 0 Å². The zero-order valence-corrected chi connectivity index (χ0v) is 10.0. The van der Waals surface area contributed by atoms with Gasteiger partial charge in [-0.15, -0.1) is 0 Å². The van der Waals surface area contributed by atoms with Crippen molar-refractivity contribution in [2.24, 2.45) is 5.73 Å². The summed E-state index contributed by atoms with van der Waals surface area (Å²) in [5, 5.41) is 10.4. The average Bonchev–Trinajstić information content (AvgIpc) is 2.29. The third kappa shape index (κ3) is 3.79. The molecule has 94 valence electrons. The van der Waals surface area contributed by atoms with Crippen molar-refractivity contribution in [1.29, 1.82) is 0 Å². The molecule has 1 aromatic carbocycles. The maximum Gasteiger partial charge on any atom is 0.269 e. The van der Waals surface area contributed by atoms with Crippen LogP contribution >= 0.6 is 0 Å². The van der Waals surface area contributed by atoms with Gasteiger partial charge in [-0.2, -0.15) is 0 Å². The molecule has 0 aliphatic carbocycles. The largest absolute Gasteiger partial charge is 0.330 e. The molecule has 0 heterocycles. The standard InChI is InChI=1S/C10H14N2O4S/c11-7-1-2-8-17(15,16)10-5-3-9(4-6-10)12(13)14/h3-6H,1-2,7-8,11H2. The summed E-state index contributed by atoms with van der Waals surface area (Å²) in [6, 6.07) is 4.90. The van der Waals surface area contributed by atoms with E-state index < -0.39 is 14.8 Å². The van der Waals surface area contributed by atoms with Crippen LogP contribution < -0.4 is 5.73 Å². The van der Waals surface area contributed by atoms with Crippen LogP contribution in [0.15, 0.2) is 29.2 Å². The molecule has 17 heavy (non-hydrogen) atoms. The van der Waals surface area contributed by atoms with Crippen molar-refractivity contribution in [1.82, 2.24) is 0 Å². The van der Waals surface area contributed by atoms with E-state index in [0.717, 1.165) is 0 Å². The number of benzene rings is 1. The molecule has 0 aliphatic heterocycles. The highest BCUT2D eigenvalue weighted by atomic mass is 32.2. The molecular formula is C10H14N2O4S. The molecule has 0 unspecified atom stereocenters. The van der Waals surface area contributed by atoms with E-state index in [1.807, 2.05) is 0 Å². The number of rotatable bonds is 6. The molecule has 0 atom stereocenters. The predicted molar refractivity (Wildman–Crippen MR) is 63.4 cm³/mol. The van der Waals surface area contributed by atoms with Gasteiger partial charge in [-0.25, -0.2) is 8.42 Å². The lowest BCUT2D eigenvalue weighted by atomic mass is 10.3. The van der Waals surface area contributed by atoms with Gasteiger partial charge in [0.15, 0.2) is 9.84 Å². The lowest BCUT2D eigenvalue weighted by molar-refractivity contribution is -0.384. The topological polar surface area (TPSA) is 103 Å². The molecule has 1 aromatic rings. The van der Waals surface area contributed by atoms with Gasteiger partial charge in [0.05, 0.1) is 15.6 Å². The molecule has 0 saturated heterocycles. The lowest BCUT2D eigenvalue weighted by Crippen LogP contribution is -2.09. The fraction of sp³-hybridized carbons (Fsp3) is 0.400. The van der Waals surface area contributed by atoms with Crippen molar-refractivity contribution in [3.8, 4) is 0 Å². The quantitative estimate of drug-likeness (QED) is 0.467. The second kappa shape index (κ2) is 5.74. The Morgan fingerprint density at radius 2 is 1.76 bits per heavy atom. The van der Waals surface area contributed by atoms with Crippen molar-refractivity contribution in [3.05, 3.63) is 34.4 Å². The summed E-state index contributed by atoms with van der Waals surface area (Å²) in [6.45, 7) is 0.454. The Balaban J connectivity index is 2.81. The van der Waals surface area contributed by atoms with Gasteiger partial charge < -0.3 is 5.73 Å². The van der Waals surface area contributed by atoms with Gasteiger partial charge in [0.2, 0.25) is 0 Å². The smallest absolute Gasteiger partial charge is 0.269 e. The first-order valence-electron chi connectivity index (χ1n) is 5.14. The van der Waals surface area contributed by atoms with Crippen molar-refractivity contribution in [2.75, 3.05) is 12.3 Å². The molecule has 0 aromatic heterocycles. The van der Waals surface area contributed by atoms with E-state index in [4.69, 9.17) is 5.73 Å². The first kappa shape index (κ1) is 13.6. The SMILES string of the molecule is NCCCCS(=O)(=O)c1ccc([N+](=O)[O-])cc1. The van der Waals surface area contributed by atoms with E-state index >= 15 is 0 Å². The number of hydrogen-bond donors (Lipinski definition) is 1. The van der Waals surface area contributed by atoms with Crippen molar-refractivity contribution in [2.45, 2.75) is 17.7 Å². The third-order valence-corrected chi connectivity index (χ3v) is 4.09. The average molecular weight is 258 g/mol. The van der Waals surface area contributed by atoms with Crippen LogP contribution in [0.5, 0.6) is 0 Å². The van der Waals surface area contributed by atoms with Crippen LogP contribution in [-0.4, -0.2) is 25.6 Å². The highest BCUT2D eigenvalue weighted by molar-refractivity contribution is 7.91. The van der Waals surface area contributed by atoms with E-state index in [9.17, 15) is 18.5 Å². The van der Waals surface area contributed by atoms with Crippen LogP contribution in [0.1, 0.15) is 12.8 Å². The fourth-order valence-corrected chi connectivity index (χ4v) is 2.70. The van der Waals surface area contributed by atoms with Crippen LogP contribution in [-0.2, 0) is 9.84 Å². The normalized spacial score (nSPS) is 11.4. The van der Waals surface area contributed by atoms with E-state index in [1.165, 1.54) is 24.3 Å². The number of sulfone groups is 1. The number of unbranched alkanes of at least 4 members (excludes halogenated alkanes) is 1. The molecule has 0 spiro atoms. The Hall–Kier alpha value is -1.47. The zero-order chi connectivity index (χ0) is 12.9. The Labute approximate surface area is 99.5 Å². The lowest BCUT2D eigenvalue weighted by Gasteiger charge is -2.03. The first-order valence-corrected chi connectivity index (χ1v) is 6.80. The van der Waals surface area contributed by atoms with Gasteiger partial charge >= 0.3 is 0 Å². The number of non-ortho nitro benzene ring substituents is 1. The van der Waals surface area contributed by atoms with E-state index in [-0.39, 0.29) is 16.3 Å². The second-order valence-corrected chi connectivity index (χ2v) is 5.67. The molecule has 0 amide bonds. The number of nitrogens with two attached hydrogens (primary N) is 1. The minimum atomic E-state index is -3.35. The highest BCUT2D eigenvalue weighted by Crippen LogP contribution is 2.17. The predicted octanol–water partition coefficient (Wildman–Crippen LogP) is 1.11. The molecule has 2 N–H and O–H groups in total. The van der Waals surface area contributed by atoms with Crippen LogP contribution in [0.4, 0.5) is 5.69 Å². The number of nitro benzene ring substituents is 1. The molecule has 0 saturated carbocycles. The van der Waals surface area contributed by atoms with Gasteiger partial charge in [-0.3, -0.25) is 10.1 Å². The van der Waals surface area contributed by atoms with Crippen molar-refractivity contribution in [3.63, 3.8) is 0 Å². The van der Waals surface area contributed by atoms with Crippen LogP contribution in [0.3, 0.4) is 0 Å². The van der Waals surface area contributed by atoms with Crippen LogP contribution in [0, 0.1) is 10.1 Å². The first-order chi connectivity index (χ1) is 7.97. The van der Waals surface area contributed by atoms with Crippen molar-refractivity contribution < 1.29 is 13.3 Å². The molecule has 6 nitrogen and oxygen atoms in total. The second-order valence-electron chi connectivity index (χ2n) is 3.57. The van der Waals surface area contributed by atoms with Crippen LogP contribution in [0.2, 0.25) is 0 Å². The Morgan fingerprint density at radius 3 is 2.24 bits per heavy atom. The molecular weight excluding hydrogens is 244 g/mol. The summed E-state index contributed by atoms with van der Waals surface area (Å²) in [5.41, 5.74) is 5.16. The zero-order valence-electron chi connectivity index (χ0n) is 9.20. The Morgan fingerprint density at radius 1 is 1.18 bits per heavy atom. The maximum atomic E-state index is 11.8. The van der Waals surface area contributed by atoms with E-state index in [0.29, 0.717) is 19.4 Å². The fourth-order valence-electron chi connectivity index (χ4n) is 1.33. The number of hydrogen-bond acceptors (Lipinski definition) is 5. The summed E-state index contributed by atoms with van der Waals surface area (Å²) in [4.78, 5) is 9.96. The third-order valence-electron chi connectivity index (χ3n) is 2.27. The molecule has 0 radical (unpaired) electrons. The Bertz CT molecular complexity index is 482. The summed E-state index contributed by atoms with van der Waals surface area (Å²) in [5.74, 6) is 0.0159. The van der Waals surface area contributed by atoms with Crippen molar-refractivity contribution >= 4 is 15.5 Å². The van der Waals surface area contributed by atoms with Gasteiger partial charge in [0.1, 0.15) is 0 Å². The monoisotopic (exact) mass is 258 g/mol. The summed E-state index contributed by atoms with van der Waals surface area (Å²) in [6.07, 6.45) is 1.14. The van der Waals surface area contributed by atoms with Gasteiger partial charge in [-0.1, -0.05) is 0 Å². The molecule has 0 fully saturated rings. The number of nitrogens with zero attached hydrogens (tertiary/aromatic N) is 1. The minimum absolute atomic E-state index is 0.0159. The molecule has 0 aliphatic rings. The van der Waals surface area contributed by atoms with E-state index in [1.54, 1.807) is 0 Å². The maximum absolute atomic E-state index is 11.8.